The number of benzene rings is 1. The van der Waals surface area contributed by atoms with Crippen molar-refractivity contribution in [2.45, 2.75) is 13.0 Å². The van der Waals surface area contributed by atoms with Crippen LogP contribution in [-0.2, 0) is 13.0 Å². The van der Waals surface area contributed by atoms with Gasteiger partial charge in [0.1, 0.15) is 5.75 Å². The predicted octanol–water partition coefficient (Wildman–Crippen LogP) is 1.31. The summed E-state index contributed by atoms with van der Waals surface area (Å²) in [5.74, 6) is 0.264. The monoisotopic (exact) mass is 336 g/mol. The lowest BCUT2D eigenvalue weighted by Gasteiger charge is -2.09. The number of hydrogen-bond acceptors (Lipinski definition) is 4. The van der Waals surface area contributed by atoms with Gasteiger partial charge in [-0.05, 0) is 17.7 Å². The number of halogens is 1. The molecule has 6 nitrogen and oxygen atoms in total. The third-order valence-corrected chi connectivity index (χ3v) is 3.64. The van der Waals surface area contributed by atoms with Crippen molar-refractivity contribution in [3.8, 4) is 5.75 Å². The van der Waals surface area contributed by atoms with Crippen LogP contribution in [0.15, 0.2) is 22.8 Å². The molecular weight excluding hydrogens is 324 g/mol. The van der Waals surface area contributed by atoms with Gasteiger partial charge in [0.05, 0.1) is 18.8 Å². The predicted molar refractivity (Wildman–Crippen MR) is 77.6 cm³/mol. The molecule has 0 atom stereocenters. The van der Waals surface area contributed by atoms with Crippen molar-refractivity contribution in [2.24, 2.45) is 5.73 Å². The Labute approximate surface area is 123 Å². The molecule has 1 aromatic carbocycles. The molecule has 0 spiro atoms. The number of ether oxygens (including phenoxy) is 1. The molecule has 1 aromatic heterocycles. The van der Waals surface area contributed by atoms with Crippen LogP contribution < -0.4 is 16.2 Å². The highest BCUT2D eigenvalue weighted by molar-refractivity contribution is 9.10. The van der Waals surface area contributed by atoms with E-state index in [9.17, 15) is 4.79 Å². The molecule has 0 saturated carbocycles. The second kappa shape index (κ2) is 4.82. The SMILES string of the molecule is NC(=O)c1nn(Cc2cc(Br)cc3c2OCC3)cc1N. The number of nitrogens with two attached hydrogens (primary N) is 2. The molecule has 0 fully saturated rings. The van der Waals surface area contributed by atoms with E-state index < -0.39 is 5.91 Å². The van der Waals surface area contributed by atoms with Crippen LogP contribution in [0, 0.1) is 0 Å². The fourth-order valence-electron chi connectivity index (χ4n) is 2.35. The molecule has 0 radical (unpaired) electrons. The summed E-state index contributed by atoms with van der Waals surface area (Å²) in [5.41, 5.74) is 13.5. The third kappa shape index (κ3) is 2.24. The van der Waals surface area contributed by atoms with E-state index in [1.165, 1.54) is 5.56 Å². The first-order chi connectivity index (χ1) is 9.54. The first-order valence-electron chi connectivity index (χ1n) is 6.11. The Morgan fingerprint density at radius 1 is 1.50 bits per heavy atom. The molecule has 1 amide bonds. The standard InChI is InChI=1S/C13H13BrN4O2/c14-9-3-7-1-2-20-12(7)8(4-9)5-18-6-10(15)11(17-18)13(16)19/h3-4,6H,1-2,5,15H2,(H2,16,19). The van der Waals surface area contributed by atoms with Gasteiger partial charge in [-0.15, -0.1) is 0 Å². The molecule has 0 saturated heterocycles. The molecule has 3 rings (SSSR count). The number of amides is 1. The summed E-state index contributed by atoms with van der Waals surface area (Å²) in [6.07, 6.45) is 2.50. The highest BCUT2D eigenvalue weighted by atomic mass is 79.9. The number of hydrogen-bond donors (Lipinski definition) is 2. The van der Waals surface area contributed by atoms with Gasteiger partial charge in [-0.3, -0.25) is 9.48 Å². The highest BCUT2D eigenvalue weighted by Crippen LogP contribution is 2.33. The number of rotatable bonds is 3. The van der Waals surface area contributed by atoms with E-state index in [0.717, 1.165) is 22.2 Å². The van der Waals surface area contributed by atoms with Crippen LogP contribution in [0.1, 0.15) is 21.6 Å². The molecule has 20 heavy (non-hydrogen) atoms. The summed E-state index contributed by atoms with van der Waals surface area (Å²) in [7, 11) is 0. The second-order valence-electron chi connectivity index (χ2n) is 4.65. The molecule has 1 aliphatic heterocycles. The molecule has 0 aliphatic carbocycles. The van der Waals surface area contributed by atoms with Crippen LogP contribution >= 0.6 is 15.9 Å². The van der Waals surface area contributed by atoms with Crippen LogP contribution in [0.4, 0.5) is 5.69 Å². The Hall–Kier alpha value is -2.02. The number of anilines is 1. The fraction of sp³-hybridized carbons (Fsp3) is 0.231. The van der Waals surface area contributed by atoms with E-state index in [0.29, 0.717) is 13.2 Å². The minimum atomic E-state index is -0.628. The van der Waals surface area contributed by atoms with Gasteiger partial charge in [0, 0.05) is 22.7 Å². The smallest absolute Gasteiger partial charge is 0.271 e. The molecule has 7 heteroatoms. The number of carbonyl (C=O) groups excluding carboxylic acids is 1. The molecule has 2 aromatic rings. The zero-order valence-electron chi connectivity index (χ0n) is 10.6. The number of carbonyl (C=O) groups is 1. The van der Waals surface area contributed by atoms with Crippen LogP contribution in [0.3, 0.4) is 0 Å². The van der Waals surface area contributed by atoms with Gasteiger partial charge in [-0.2, -0.15) is 5.10 Å². The van der Waals surface area contributed by atoms with E-state index >= 15 is 0 Å². The van der Waals surface area contributed by atoms with E-state index in [1.807, 2.05) is 6.07 Å². The summed E-state index contributed by atoms with van der Waals surface area (Å²) in [6, 6.07) is 4.03. The molecule has 1 aliphatic rings. The molecule has 0 bridgehead atoms. The van der Waals surface area contributed by atoms with Gasteiger partial charge in [0.2, 0.25) is 0 Å². The Morgan fingerprint density at radius 2 is 2.30 bits per heavy atom. The van der Waals surface area contributed by atoms with Crippen molar-refractivity contribution in [1.29, 1.82) is 0 Å². The number of aromatic nitrogens is 2. The van der Waals surface area contributed by atoms with E-state index in [4.69, 9.17) is 16.2 Å². The minimum Gasteiger partial charge on any atom is -0.493 e. The number of nitrogen functional groups attached to an aromatic ring is 1. The van der Waals surface area contributed by atoms with Crippen molar-refractivity contribution in [2.75, 3.05) is 12.3 Å². The van der Waals surface area contributed by atoms with Crippen molar-refractivity contribution >= 4 is 27.5 Å². The first kappa shape index (κ1) is 13.0. The molecular formula is C13H13BrN4O2. The van der Waals surface area contributed by atoms with Gasteiger partial charge in [-0.25, -0.2) is 0 Å². The fourth-order valence-corrected chi connectivity index (χ4v) is 2.90. The Kier molecular flexibility index (Phi) is 3.13. The summed E-state index contributed by atoms with van der Waals surface area (Å²) in [4.78, 5) is 11.2. The maximum Gasteiger partial charge on any atom is 0.271 e. The Bertz CT molecular complexity index is 696. The summed E-state index contributed by atoms with van der Waals surface area (Å²) in [6.45, 7) is 1.16. The van der Waals surface area contributed by atoms with Crippen molar-refractivity contribution in [3.05, 3.63) is 39.6 Å². The summed E-state index contributed by atoms with van der Waals surface area (Å²) in [5, 5.41) is 4.11. The van der Waals surface area contributed by atoms with Gasteiger partial charge < -0.3 is 16.2 Å². The summed E-state index contributed by atoms with van der Waals surface area (Å²) >= 11 is 3.49. The average Bonchev–Trinajstić information content (AvgIpc) is 2.95. The Balaban J connectivity index is 1.96. The maximum atomic E-state index is 11.2. The third-order valence-electron chi connectivity index (χ3n) is 3.18. The number of fused-ring (bicyclic) bond motifs is 1. The van der Waals surface area contributed by atoms with Crippen LogP contribution in [0.5, 0.6) is 5.75 Å². The minimum absolute atomic E-state index is 0.0950. The van der Waals surface area contributed by atoms with Crippen LogP contribution in [-0.4, -0.2) is 22.3 Å². The topological polar surface area (TPSA) is 96.2 Å². The normalized spacial score (nSPS) is 13.1. The zero-order chi connectivity index (χ0) is 14.3. The second-order valence-corrected chi connectivity index (χ2v) is 5.56. The highest BCUT2D eigenvalue weighted by Gasteiger charge is 2.19. The van der Waals surface area contributed by atoms with E-state index in [1.54, 1.807) is 10.9 Å². The van der Waals surface area contributed by atoms with Gasteiger partial charge in [-0.1, -0.05) is 15.9 Å². The van der Waals surface area contributed by atoms with E-state index in [2.05, 4.69) is 27.1 Å². The lowest BCUT2D eigenvalue weighted by atomic mass is 10.1. The van der Waals surface area contributed by atoms with Crippen molar-refractivity contribution in [1.82, 2.24) is 9.78 Å². The first-order valence-corrected chi connectivity index (χ1v) is 6.90. The quantitative estimate of drug-likeness (QED) is 0.883. The van der Waals surface area contributed by atoms with E-state index in [-0.39, 0.29) is 11.4 Å². The molecule has 2 heterocycles. The van der Waals surface area contributed by atoms with Crippen LogP contribution in [0.2, 0.25) is 0 Å². The summed E-state index contributed by atoms with van der Waals surface area (Å²) < 4.78 is 8.25. The maximum absolute atomic E-state index is 11.2. The van der Waals surface area contributed by atoms with Gasteiger partial charge >= 0.3 is 0 Å². The largest absolute Gasteiger partial charge is 0.493 e. The molecule has 104 valence electrons. The Morgan fingerprint density at radius 3 is 3.00 bits per heavy atom. The average molecular weight is 337 g/mol. The van der Waals surface area contributed by atoms with Gasteiger partial charge in [0.15, 0.2) is 5.69 Å². The zero-order valence-corrected chi connectivity index (χ0v) is 12.2. The van der Waals surface area contributed by atoms with Crippen LogP contribution in [0.25, 0.3) is 0 Å². The number of primary amides is 1. The number of nitrogens with zero attached hydrogens (tertiary/aromatic N) is 2. The van der Waals surface area contributed by atoms with Crippen molar-refractivity contribution < 1.29 is 9.53 Å². The molecule has 4 N–H and O–H groups in total. The lowest BCUT2D eigenvalue weighted by molar-refractivity contribution is 0.0995. The van der Waals surface area contributed by atoms with Gasteiger partial charge in [0.25, 0.3) is 5.91 Å². The molecule has 0 unspecified atom stereocenters. The van der Waals surface area contributed by atoms with Crippen molar-refractivity contribution in [3.63, 3.8) is 0 Å². The lowest BCUT2D eigenvalue weighted by Crippen LogP contribution is -2.14.